The van der Waals surface area contributed by atoms with Crippen LogP contribution in [0.1, 0.15) is 0 Å². The number of nitrogens with zero attached hydrogens (tertiary/aromatic N) is 3. The molecular formula is C46H29N3S. The van der Waals surface area contributed by atoms with E-state index < -0.39 is 0 Å². The van der Waals surface area contributed by atoms with Crippen molar-refractivity contribution in [2.45, 2.75) is 0 Å². The van der Waals surface area contributed by atoms with Crippen molar-refractivity contribution in [3.63, 3.8) is 0 Å². The third-order valence-corrected chi connectivity index (χ3v) is 10.9. The Morgan fingerprint density at radius 2 is 0.960 bits per heavy atom. The number of rotatable bonds is 5. The summed E-state index contributed by atoms with van der Waals surface area (Å²) in [5.41, 5.74) is 10.8. The van der Waals surface area contributed by atoms with E-state index in [1.54, 1.807) is 0 Å². The number of thiophene rings is 1. The van der Waals surface area contributed by atoms with Crippen LogP contribution in [0.25, 0.3) is 92.7 Å². The van der Waals surface area contributed by atoms with Crippen LogP contribution < -0.4 is 0 Å². The first-order chi connectivity index (χ1) is 24.8. The number of benzene rings is 7. The van der Waals surface area contributed by atoms with E-state index in [1.165, 1.54) is 47.6 Å². The molecule has 0 bridgehead atoms. The summed E-state index contributed by atoms with van der Waals surface area (Å²) in [6.07, 6.45) is 0. The van der Waals surface area contributed by atoms with E-state index in [2.05, 4.69) is 168 Å². The van der Waals surface area contributed by atoms with Crippen molar-refractivity contribution in [1.29, 1.82) is 0 Å². The molecule has 0 amide bonds. The van der Waals surface area contributed by atoms with Crippen molar-refractivity contribution in [2.75, 3.05) is 0 Å². The molecule has 0 N–H and O–H groups in total. The monoisotopic (exact) mass is 655 g/mol. The van der Waals surface area contributed by atoms with Gasteiger partial charge in [0.15, 0.2) is 0 Å². The second-order valence-corrected chi connectivity index (χ2v) is 13.7. The van der Waals surface area contributed by atoms with Gasteiger partial charge in [0.2, 0.25) is 5.95 Å². The molecule has 4 heteroatoms. The van der Waals surface area contributed by atoms with Gasteiger partial charge >= 0.3 is 0 Å². The smallest absolute Gasteiger partial charge is 0.235 e. The maximum absolute atomic E-state index is 5.23. The number of para-hydroxylation sites is 1. The highest BCUT2D eigenvalue weighted by Gasteiger charge is 2.18. The van der Waals surface area contributed by atoms with Crippen LogP contribution in [0.15, 0.2) is 176 Å². The van der Waals surface area contributed by atoms with Crippen molar-refractivity contribution in [3.8, 4) is 50.7 Å². The van der Waals surface area contributed by atoms with Crippen molar-refractivity contribution >= 4 is 53.3 Å². The molecule has 0 saturated heterocycles. The van der Waals surface area contributed by atoms with E-state index in [9.17, 15) is 0 Å². The molecule has 10 rings (SSSR count). The molecule has 0 saturated carbocycles. The lowest BCUT2D eigenvalue weighted by Gasteiger charge is -2.12. The van der Waals surface area contributed by atoms with Crippen LogP contribution in [-0.4, -0.2) is 14.5 Å². The topological polar surface area (TPSA) is 30.7 Å². The highest BCUT2D eigenvalue weighted by molar-refractivity contribution is 7.26. The fourth-order valence-corrected chi connectivity index (χ4v) is 8.49. The predicted octanol–water partition coefficient (Wildman–Crippen LogP) is 12.6. The Morgan fingerprint density at radius 1 is 0.380 bits per heavy atom. The Morgan fingerprint density at radius 3 is 1.74 bits per heavy atom. The van der Waals surface area contributed by atoms with Crippen LogP contribution in [0, 0.1) is 0 Å². The van der Waals surface area contributed by atoms with Gasteiger partial charge in [0.05, 0.1) is 22.4 Å². The molecular weight excluding hydrogens is 627 g/mol. The van der Waals surface area contributed by atoms with Crippen molar-refractivity contribution < 1.29 is 0 Å². The van der Waals surface area contributed by atoms with Crippen molar-refractivity contribution in [2.24, 2.45) is 0 Å². The average molecular weight is 656 g/mol. The van der Waals surface area contributed by atoms with E-state index in [-0.39, 0.29) is 0 Å². The minimum atomic E-state index is 0.652. The van der Waals surface area contributed by atoms with Crippen LogP contribution in [0.3, 0.4) is 0 Å². The molecule has 0 aliphatic carbocycles. The summed E-state index contributed by atoms with van der Waals surface area (Å²) in [4.78, 5) is 10.5. The van der Waals surface area contributed by atoms with E-state index in [0.717, 1.165) is 39.1 Å². The Bertz CT molecular complexity index is 2810. The normalized spacial score (nSPS) is 11.6. The minimum absolute atomic E-state index is 0.652. The number of hydrogen-bond acceptors (Lipinski definition) is 3. The molecule has 0 spiro atoms. The van der Waals surface area contributed by atoms with E-state index >= 15 is 0 Å². The maximum atomic E-state index is 5.23. The second-order valence-electron chi connectivity index (χ2n) is 12.6. The van der Waals surface area contributed by atoms with Crippen LogP contribution in [0.5, 0.6) is 0 Å². The predicted molar refractivity (Wildman–Crippen MR) is 211 cm³/mol. The first kappa shape index (κ1) is 28.6. The molecule has 0 fully saturated rings. The molecule has 3 heterocycles. The SMILES string of the molecule is c1ccc(-c2cc(-c3ccccc3)nc(-n3c4ccccc4c4ccc(-c5cccc(-c6cccc7c6sc6ccccc67)c5)cc43)n2)cc1. The van der Waals surface area contributed by atoms with Gasteiger partial charge < -0.3 is 0 Å². The third-order valence-electron chi connectivity index (χ3n) is 9.64. The van der Waals surface area contributed by atoms with Gasteiger partial charge in [-0.1, -0.05) is 146 Å². The summed E-state index contributed by atoms with van der Waals surface area (Å²) < 4.78 is 4.87. The zero-order valence-electron chi connectivity index (χ0n) is 27.0. The van der Waals surface area contributed by atoms with Gasteiger partial charge in [-0.2, -0.15) is 0 Å². The molecule has 0 atom stereocenters. The largest absolute Gasteiger partial charge is 0.278 e. The van der Waals surface area contributed by atoms with Gasteiger partial charge in [-0.15, -0.1) is 11.3 Å². The Balaban J connectivity index is 1.17. The molecule has 7 aromatic carbocycles. The van der Waals surface area contributed by atoms with Gasteiger partial charge in [-0.25, -0.2) is 9.97 Å². The number of fused-ring (bicyclic) bond motifs is 6. The lowest BCUT2D eigenvalue weighted by molar-refractivity contribution is 0.996. The quantitative estimate of drug-likeness (QED) is 0.185. The molecule has 3 nitrogen and oxygen atoms in total. The standard InChI is InChI=1S/C46H29N3S/c1-3-13-30(14-4-1)40-29-41(31-15-5-2-6-16-31)48-46(47-40)49-42-23-9-7-19-36(42)37-26-25-33(28-43(37)49)32-17-11-18-34(27-32)35-21-12-22-39-38-20-8-10-24-44(38)50-45(35)39/h1-29H. The molecule has 0 aliphatic heterocycles. The first-order valence-electron chi connectivity index (χ1n) is 16.8. The summed E-state index contributed by atoms with van der Waals surface area (Å²) in [7, 11) is 0. The Hall–Kier alpha value is -6.36. The summed E-state index contributed by atoms with van der Waals surface area (Å²) in [5, 5.41) is 4.98. The average Bonchev–Trinajstić information content (AvgIpc) is 3.74. The molecule has 50 heavy (non-hydrogen) atoms. The zero-order chi connectivity index (χ0) is 33.0. The summed E-state index contributed by atoms with van der Waals surface area (Å²) in [6.45, 7) is 0. The minimum Gasteiger partial charge on any atom is -0.278 e. The van der Waals surface area contributed by atoms with Crippen molar-refractivity contribution in [1.82, 2.24) is 14.5 Å². The fourth-order valence-electron chi connectivity index (χ4n) is 7.25. The molecule has 0 aliphatic rings. The van der Waals surface area contributed by atoms with E-state index in [1.807, 2.05) is 23.5 Å². The molecule has 0 unspecified atom stereocenters. The number of hydrogen-bond donors (Lipinski definition) is 0. The number of aromatic nitrogens is 3. The van der Waals surface area contributed by atoms with Gasteiger partial charge in [0, 0.05) is 42.1 Å². The first-order valence-corrected chi connectivity index (χ1v) is 17.6. The van der Waals surface area contributed by atoms with Crippen LogP contribution in [-0.2, 0) is 0 Å². The van der Waals surface area contributed by atoms with Crippen LogP contribution >= 0.6 is 11.3 Å². The van der Waals surface area contributed by atoms with E-state index in [0.29, 0.717) is 5.95 Å². The Kier molecular flexibility index (Phi) is 6.68. The van der Waals surface area contributed by atoms with Gasteiger partial charge in [-0.3, -0.25) is 4.57 Å². The summed E-state index contributed by atoms with van der Waals surface area (Å²) in [5.74, 6) is 0.652. The lowest BCUT2D eigenvalue weighted by Crippen LogP contribution is -2.04. The highest BCUT2D eigenvalue weighted by Crippen LogP contribution is 2.41. The summed E-state index contributed by atoms with van der Waals surface area (Å²) >= 11 is 1.87. The third kappa shape index (κ3) is 4.73. The zero-order valence-corrected chi connectivity index (χ0v) is 27.8. The summed E-state index contributed by atoms with van der Waals surface area (Å²) in [6, 6.07) is 62.5. The van der Waals surface area contributed by atoms with Gasteiger partial charge in [0.1, 0.15) is 0 Å². The van der Waals surface area contributed by atoms with Gasteiger partial charge in [0.25, 0.3) is 0 Å². The van der Waals surface area contributed by atoms with E-state index in [4.69, 9.17) is 9.97 Å². The van der Waals surface area contributed by atoms with Gasteiger partial charge in [-0.05, 0) is 52.6 Å². The Labute approximate surface area is 293 Å². The molecule has 234 valence electrons. The van der Waals surface area contributed by atoms with Crippen molar-refractivity contribution in [3.05, 3.63) is 176 Å². The van der Waals surface area contributed by atoms with Crippen LogP contribution in [0.2, 0.25) is 0 Å². The highest BCUT2D eigenvalue weighted by atomic mass is 32.1. The molecule has 10 aromatic rings. The lowest BCUT2D eigenvalue weighted by atomic mass is 9.97. The molecule has 3 aromatic heterocycles. The second kappa shape index (κ2) is 11.7. The fraction of sp³-hybridized carbons (Fsp3) is 0. The molecule has 0 radical (unpaired) electrons. The maximum Gasteiger partial charge on any atom is 0.235 e. The van der Waals surface area contributed by atoms with Crippen LogP contribution in [0.4, 0.5) is 0 Å².